The highest BCUT2D eigenvalue weighted by Gasteiger charge is 2.23. The highest BCUT2D eigenvalue weighted by Crippen LogP contribution is 2.40. The van der Waals surface area contributed by atoms with Crippen LogP contribution < -0.4 is 4.74 Å². The maximum absolute atomic E-state index is 14.1. The minimum atomic E-state index is -0.706. The van der Waals surface area contributed by atoms with Crippen LogP contribution in [0.5, 0.6) is 5.75 Å². The van der Waals surface area contributed by atoms with Crippen LogP contribution in [0, 0.1) is 5.82 Å². The second kappa shape index (κ2) is 5.41. The molecule has 0 amide bonds. The number of carbonyl (C=O) groups is 1. The zero-order chi connectivity index (χ0) is 15.0. The van der Waals surface area contributed by atoms with Crippen LogP contribution in [0.1, 0.15) is 15.9 Å². The van der Waals surface area contributed by atoms with E-state index in [9.17, 15) is 9.18 Å². The molecule has 0 saturated heterocycles. The molecular formula is C16H13FO3S. The Hall–Kier alpha value is -2.01. The number of carbonyl (C=O) groups excluding carboxylic acids is 1. The normalized spacial score (nSPS) is 12.1. The first kappa shape index (κ1) is 13.9. The molecule has 21 heavy (non-hydrogen) atoms. The van der Waals surface area contributed by atoms with Crippen molar-refractivity contribution >= 4 is 17.7 Å². The van der Waals surface area contributed by atoms with E-state index in [1.807, 2.05) is 24.5 Å². The molecule has 0 atom stereocenters. The Morgan fingerprint density at radius 1 is 1.29 bits per heavy atom. The van der Waals surface area contributed by atoms with E-state index in [1.165, 1.54) is 19.2 Å². The Labute approximate surface area is 126 Å². The summed E-state index contributed by atoms with van der Waals surface area (Å²) in [4.78, 5) is 12.7. The number of benzene rings is 2. The lowest BCUT2D eigenvalue weighted by atomic mass is 9.95. The number of methoxy groups -OCH3 is 1. The first-order valence-electron chi connectivity index (χ1n) is 6.36. The van der Waals surface area contributed by atoms with Crippen LogP contribution in [0.3, 0.4) is 0 Å². The monoisotopic (exact) mass is 304 g/mol. The number of ether oxygens (including phenoxy) is 2. The van der Waals surface area contributed by atoms with Gasteiger partial charge in [-0.25, -0.2) is 9.18 Å². The van der Waals surface area contributed by atoms with E-state index in [0.29, 0.717) is 17.9 Å². The van der Waals surface area contributed by atoms with Crippen molar-refractivity contribution in [2.24, 2.45) is 0 Å². The number of thioether (sulfide) groups is 1. The van der Waals surface area contributed by atoms with Crippen LogP contribution in [-0.4, -0.2) is 19.3 Å². The number of halogens is 1. The number of hydrogen-bond acceptors (Lipinski definition) is 4. The molecule has 1 heterocycles. The number of fused-ring (bicyclic) bond motifs is 3. The summed E-state index contributed by atoms with van der Waals surface area (Å²) in [6.07, 6.45) is 2.00. The van der Waals surface area contributed by atoms with Crippen molar-refractivity contribution in [3.63, 3.8) is 0 Å². The summed E-state index contributed by atoms with van der Waals surface area (Å²) in [6.45, 7) is 0.406. The zero-order valence-corrected chi connectivity index (χ0v) is 12.4. The molecule has 2 aromatic carbocycles. The van der Waals surface area contributed by atoms with Gasteiger partial charge in [-0.2, -0.15) is 0 Å². The molecule has 0 spiro atoms. The maximum atomic E-state index is 14.1. The zero-order valence-electron chi connectivity index (χ0n) is 11.6. The van der Waals surface area contributed by atoms with E-state index >= 15 is 0 Å². The van der Waals surface area contributed by atoms with Crippen molar-refractivity contribution < 1.29 is 18.7 Å². The molecule has 0 radical (unpaired) electrons. The first-order chi connectivity index (χ1) is 10.1. The summed E-state index contributed by atoms with van der Waals surface area (Å²) in [6, 6.07) is 8.72. The molecule has 0 fully saturated rings. The van der Waals surface area contributed by atoms with Gasteiger partial charge in [0.15, 0.2) is 0 Å². The fourth-order valence-corrected chi connectivity index (χ4v) is 2.85. The van der Waals surface area contributed by atoms with Crippen LogP contribution in [0.4, 0.5) is 4.39 Å². The van der Waals surface area contributed by atoms with Gasteiger partial charge in [0.25, 0.3) is 0 Å². The molecule has 0 N–H and O–H groups in total. The second-order valence-electron chi connectivity index (χ2n) is 4.63. The van der Waals surface area contributed by atoms with Gasteiger partial charge in [-0.15, -0.1) is 11.8 Å². The van der Waals surface area contributed by atoms with Gasteiger partial charge in [0.05, 0.1) is 12.7 Å². The summed E-state index contributed by atoms with van der Waals surface area (Å²) in [5.74, 6) is -0.811. The van der Waals surface area contributed by atoms with Gasteiger partial charge < -0.3 is 9.47 Å². The summed E-state index contributed by atoms with van der Waals surface area (Å²) < 4.78 is 24.3. The van der Waals surface area contributed by atoms with Crippen molar-refractivity contribution in [2.45, 2.75) is 11.5 Å². The largest absolute Gasteiger partial charge is 0.488 e. The second-order valence-corrected chi connectivity index (χ2v) is 5.51. The lowest BCUT2D eigenvalue weighted by Gasteiger charge is -2.22. The molecule has 0 aliphatic carbocycles. The molecular weight excluding hydrogens is 291 g/mol. The highest BCUT2D eigenvalue weighted by molar-refractivity contribution is 7.98. The summed E-state index contributed by atoms with van der Waals surface area (Å²) in [7, 11) is 1.22. The highest BCUT2D eigenvalue weighted by atomic mass is 32.2. The molecule has 1 aliphatic heterocycles. The van der Waals surface area contributed by atoms with E-state index in [1.54, 1.807) is 11.8 Å². The third-order valence-electron chi connectivity index (χ3n) is 3.46. The molecule has 3 rings (SSSR count). The SMILES string of the molecule is COC(=O)c1cc2c(cc1F)-c1ccc(SC)cc1CO2. The fourth-order valence-electron chi connectivity index (χ4n) is 2.38. The molecule has 1 aliphatic rings. The Balaban J connectivity index is 2.13. The van der Waals surface area contributed by atoms with Crippen molar-refractivity contribution in [3.05, 3.63) is 47.3 Å². The Morgan fingerprint density at radius 3 is 2.81 bits per heavy atom. The molecule has 0 aromatic heterocycles. The molecule has 3 nitrogen and oxygen atoms in total. The van der Waals surface area contributed by atoms with E-state index in [0.717, 1.165) is 16.0 Å². The topological polar surface area (TPSA) is 35.5 Å². The van der Waals surface area contributed by atoms with Crippen LogP contribution in [0.2, 0.25) is 0 Å². The minimum Gasteiger partial charge on any atom is -0.488 e. The van der Waals surface area contributed by atoms with Gasteiger partial charge in [0, 0.05) is 10.5 Å². The Kier molecular flexibility index (Phi) is 3.59. The maximum Gasteiger partial charge on any atom is 0.340 e. The van der Waals surface area contributed by atoms with Gasteiger partial charge in [-0.3, -0.25) is 0 Å². The van der Waals surface area contributed by atoms with E-state index in [-0.39, 0.29) is 5.56 Å². The summed E-state index contributed by atoms with van der Waals surface area (Å²) >= 11 is 1.64. The van der Waals surface area contributed by atoms with E-state index in [4.69, 9.17) is 4.74 Å². The molecule has 0 unspecified atom stereocenters. The fraction of sp³-hybridized carbons (Fsp3) is 0.188. The van der Waals surface area contributed by atoms with Crippen molar-refractivity contribution in [3.8, 4) is 16.9 Å². The van der Waals surface area contributed by atoms with E-state index < -0.39 is 11.8 Å². The van der Waals surface area contributed by atoms with Gasteiger partial charge in [0.1, 0.15) is 18.2 Å². The summed E-state index contributed by atoms with van der Waals surface area (Å²) in [5.41, 5.74) is 2.50. The third-order valence-corrected chi connectivity index (χ3v) is 4.19. The Morgan fingerprint density at radius 2 is 2.10 bits per heavy atom. The predicted octanol–water partition coefficient (Wildman–Crippen LogP) is 3.89. The minimum absolute atomic E-state index is 0.111. The molecule has 108 valence electrons. The van der Waals surface area contributed by atoms with Crippen LogP contribution in [0.25, 0.3) is 11.1 Å². The van der Waals surface area contributed by atoms with Gasteiger partial charge >= 0.3 is 5.97 Å². The number of rotatable bonds is 2. The molecule has 0 bridgehead atoms. The van der Waals surface area contributed by atoms with Gasteiger partial charge in [-0.1, -0.05) is 6.07 Å². The van der Waals surface area contributed by atoms with Crippen LogP contribution in [0.15, 0.2) is 35.2 Å². The van der Waals surface area contributed by atoms with Crippen LogP contribution in [-0.2, 0) is 11.3 Å². The average Bonchev–Trinajstić information content (AvgIpc) is 2.52. The quantitative estimate of drug-likeness (QED) is 0.623. The molecule has 0 saturated carbocycles. The van der Waals surface area contributed by atoms with Crippen molar-refractivity contribution in [1.29, 1.82) is 0 Å². The smallest absolute Gasteiger partial charge is 0.340 e. The van der Waals surface area contributed by atoms with Crippen molar-refractivity contribution in [1.82, 2.24) is 0 Å². The first-order valence-corrected chi connectivity index (χ1v) is 7.58. The number of hydrogen-bond donors (Lipinski definition) is 0. The predicted molar refractivity (Wildman–Crippen MR) is 79.3 cm³/mol. The lowest BCUT2D eigenvalue weighted by molar-refractivity contribution is 0.0595. The third kappa shape index (κ3) is 2.38. The Bertz CT molecular complexity index is 728. The van der Waals surface area contributed by atoms with E-state index in [2.05, 4.69) is 4.74 Å². The van der Waals surface area contributed by atoms with Crippen LogP contribution >= 0.6 is 11.8 Å². The molecule has 5 heteroatoms. The molecule has 2 aromatic rings. The standard InChI is InChI=1S/C16H13FO3S/c1-19-16(18)13-7-15-12(6-14(13)17)11-4-3-10(21-2)5-9(11)8-20-15/h3-7H,8H2,1-2H3. The van der Waals surface area contributed by atoms with Gasteiger partial charge in [-0.05, 0) is 41.6 Å². The average molecular weight is 304 g/mol. The van der Waals surface area contributed by atoms with Gasteiger partial charge in [0.2, 0.25) is 0 Å². The lowest BCUT2D eigenvalue weighted by Crippen LogP contribution is -2.10. The van der Waals surface area contributed by atoms with Crippen molar-refractivity contribution in [2.75, 3.05) is 13.4 Å². The number of esters is 1. The summed E-state index contributed by atoms with van der Waals surface area (Å²) in [5, 5.41) is 0.